The number of amides is 1. The van der Waals surface area contributed by atoms with Gasteiger partial charge in [0.15, 0.2) is 0 Å². The monoisotopic (exact) mass is 362 g/mol. The van der Waals surface area contributed by atoms with Crippen LogP contribution in [0.1, 0.15) is 28.7 Å². The molecule has 1 unspecified atom stereocenters. The van der Waals surface area contributed by atoms with Gasteiger partial charge in [-0.05, 0) is 25.5 Å². The second-order valence-corrected chi connectivity index (χ2v) is 7.66. The number of ether oxygens (including phenoxy) is 1. The van der Waals surface area contributed by atoms with Crippen LogP contribution in [0, 0.1) is 6.92 Å². The highest BCUT2D eigenvalue weighted by Gasteiger charge is 2.25. The summed E-state index contributed by atoms with van der Waals surface area (Å²) in [6.45, 7) is 5.71. The summed E-state index contributed by atoms with van der Waals surface area (Å²) in [7, 11) is 3.50. The molecule has 0 aliphatic carbocycles. The predicted molar refractivity (Wildman–Crippen MR) is 98.6 cm³/mol. The summed E-state index contributed by atoms with van der Waals surface area (Å²) in [6, 6.07) is 4.68. The van der Waals surface area contributed by atoms with Gasteiger partial charge in [-0.15, -0.1) is 11.3 Å². The maximum atomic E-state index is 11.6. The Hall–Kier alpha value is -1.70. The molecule has 0 N–H and O–H groups in total. The molecular formula is C18H26N4O2S. The van der Waals surface area contributed by atoms with E-state index in [0.717, 1.165) is 31.7 Å². The predicted octanol–water partition coefficient (Wildman–Crippen LogP) is 2.30. The topological polar surface area (TPSA) is 50.6 Å². The lowest BCUT2D eigenvalue weighted by molar-refractivity contribution is -0.133. The van der Waals surface area contributed by atoms with Gasteiger partial charge in [0.25, 0.3) is 0 Å². The van der Waals surface area contributed by atoms with E-state index < -0.39 is 0 Å². The highest BCUT2D eigenvalue weighted by Crippen LogP contribution is 2.27. The van der Waals surface area contributed by atoms with Gasteiger partial charge in [0.1, 0.15) is 6.61 Å². The number of thiazole rings is 1. The molecule has 2 aromatic heterocycles. The second-order valence-electron chi connectivity index (χ2n) is 6.72. The van der Waals surface area contributed by atoms with E-state index in [1.165, 1.54) is 10.6 Å². The molecule has 0 bridgehead atoms. The van der Waals surface area contributed by atoms with Crippen LogP contribution in [0.25, 0.3) is 0 Å². The molecule has 0 aromatic carbocycles. The maximum Gasteiger partial charge on any atom is 0.248 e. The highest BCUT2D eigenvalue weighted by atomic mass is 32.1. The van der Waals surface area contributed by atoms with E-state index >= 15 is 0 Å². The number of rotatable bonds is 7. The Morgan fingerprint density at radius 2 is 2.32 bits per heavy atom. The lowest BCUT2D eigenvalue weighted by Crippen LogP contribution is -2.37. The van der Waals surface area contributed by atoms with Gasteiger partial charge in [-0.1, -0.05) is 0 Å². The van der Waals surface area contributed by atoms with Crippen molar-refractivity contribution >= 4 is 17.2 Å². The van der Waals surface area contributed by atoms with Crippen molar-refractivity contribution in [1.82, 2.24) is 19.4 Å². The number of likely N-dealkylation sites (N-methyl/N-ethyl adjacent to an activating group) is 1. The van der Waals surface area contributed by atoms with E-state index in [1.807, 2.05) is 5.51 Å². The highest BCUT2D eigenvalue weighted by molar-refractivity contribution is 7.09. The summed E-state index contributed by atoms with van der Waals surface area (Å²) in [5.41, 5.74) is 4.39. The summed E-state index contributed by atoms with van der Waals surface area (Å²) in [5, 5.41) is 0. The number of carbonyl (C=O) groups is 1. The SMILES string of the molecule is Cc1ncsc1CN1Cc2cccn2C(CCOCC(=O)N(C)C)C1. The van der Waals surface area contributed by atoms with Crippen molar-refractivity contribution in [2.75, 3.05) is 33.9 Å². The Bertz CT molecular complexity index is 710. The van der Waals surface area contributed by atoms with Crippen LogP contribution in [0.3, 0.4) is 0 Å². The number of nitrogens with zero attached hydrogens (tertiary/aromatic N) is 4. The normalized spacial score (nSPS) is 17.5. The largest absolute Gasteiger partial charge is 0.372 e. The molecule has 0 radical (unpaired) electrons. The smallest absolute Gasteiger partial charge is 0.248 e. The molecule has 1 aliphatic rings. The van der Waals surface area contributed by atoms with Crippen molar-refractivity contribution in [2.45, 2.75) is 32.5 Å². The van der Waals surface area contributed by atoms with Crippen LogP contribution in [0.5, 0.6) is 0 Å². The Balaban J connectivity index is 1.57. The first-order valence-corrected chi connectivity index (χ1v) is 9.47. The molecule has 7 heteroatoms. The molecule has 0 fully saturated rings. The van der Waals surface area contributed by atoms with Gasteiger partial charge in [-0.2, -0.15) is 0 Å². The zero-order valence-corrected chi connectivity index (χ0v) is 16.0. The number of aromatic nitrogens is 2. The molecule has 1 atom stereocenters. The molecule has 6 nitrogen and oxygen atoms in total. The Labute approximate surface area is 153 Å². The van der Waals surface area contributed by atoms with Crippen LogP contribution < -0.4 is 0 Å². The van der Waals surface area contributed by atoms with Gasteiger partial charge in [-0.25, -0.2) is 4.98 Å². The molecule has 0 saturated carbocycles. The van der Waals surface area contributed by atoms with E-state index in [4.69, 9.17) is 4.74 Å². The molecule has 1 aliphatic heterocycles. The first-order valence-electron chi connectivity index (χ1n) is 8.59. The van der Waals surface area contributed by atoms with Gasteiger partial charge >= 0.3 is 0 Å². The number of carbonyl (C=O) groups excluding carboxylic acids is 1. The summed E-state index contributed by atoms with van der Waals surface area (Å²) < 4.78 is 7.93. The van der Waals surface area contributed by atoms with Crippen LogP contribution >= 0.6 is 11.3 Å². The molecule has 1 amide bonds. The lowest BCUT2D eigenvalue weighted by atomic mass is 10.1. The Morgan fingerprint density at radius 1 is 1.48 bits per heavy atom. The van der Waals surface area contributed by atoms with Gasteiger partial charge in [-0.3, -0.25) is 9.69 Å². The molecule has 2 aromatic rings. The minimum atomic E-state index is 0.00703. The number of hydrogen-bond acceptors (Lipinski definition) is 5. The van der Waals surface area contributed by atoms with E-state index in [2.05, 4.69) is 39.7 Å². The maximum absolute atomic E-state index is 11.6. The van der Waals surface area contributed by atoms with Crippen molar-refractivity contribution in [3.05, 3.63) is 40.1 Å². The Morgan fingerprint density at radius 3 is 3.04 bits per heavy atom. The van der Waals surface area contributed by atoms with Crippen molar-refractivity contribution < 1.29 is 9.53 Å². The average Bonchev–Trinajstić information content (AvgIpc) is 3.20. The van der Waals surface area contributed by atoms with Crippen molar-refractivity contribution in [3.63, 3.8) is 0 Å². The third kappa shape index (κ3) is 4.48. The fourth-order valence-corrected chi connectivity index (χ4v) is 3.96. The molecular weight excluding hydrogens is 336 g/mol. The third-order valence-corrected chi connectivity index (χ3v) is 5.57. The molecule has 3 rings (SSSR count). The standard InChI is InChI=1S/C18H26N4O2S/c1-14-17(25-13-19-14)11-21-9-15-5-4-7-22(15)16(10-21)6-8-24-12-18(23)20(2)3/h4-5,7,13,16H,6,8-12H2,1-3H3. The second kappa shape index (κ2) is 8.12. The summed E-state index contributed by atoms with van der Waals surface area (Å²) in [4.78, 5) is 21.3. The van der Waals surface area contributed by atoms with Gasteiger partial charge in [0, 0.05) is 63.1 Å². The molecule has 136 valence electrons. The number of fused-ring (bicyclic) bond motifs is 1. The van der Waals surface area contributed by atoms with Gasteiger partial charge in [0.05, 0.1) is 11.2 Å². The zero-order valence-electron chi connectivity index (χ0n) is 15.1. The molecule has 25 heavy (non-hydrogen) atoms. The van der Waals surface area contributed by atoms with Gasteiger partial charge < -0.3 is 14.2 Å². The fraction of sp³-hybridized carbons (Fsp3) is 0.556. The van der Waals surface area contributed by atoms with Crippen molar-refractivity contribution in [2.24, 2.45) is 0 Å². The van der Waals surface area contributed by atoms with Crippen LogP contribution in [-0.4, -0.2) is 59.1 Å². The first-order chi connectivity index (χ1) is 12.0. The van der Waals surface area contributed by atoms with Gasteiger partial charge in [0.2, 0.25) is 5.91 Å². The van der Waals surface area contributed by atoms with Crippen LogP contribution in [0.2, 0.25) is 0 Å². The summed E-state index contributed by atoms with van der Waals surface area (Å²) >= 11 is 1.73. The zero-order chi connectivity index (χ0) is 17.8. The minimum absolute atomic E-state index is 0.00703. The Kier molecular flexibility index (Phi) is 5.88. The van der Waals surface area contributed by atoms with Crippen LogP contribution in [0.15, 0.2) is 23.8 Å². The van der Waals surface area contributed by atoms with Crippen LogP contribution in [0.4, 0.5) is 0 Å². The van der Waals surface area contributed by atoms with Crippen LogP contribution in [-0.2, 0) is 22.6 Å². The average molecular weight is 362 g/mol. The summed E-state index contributed by atoms with van der Waals surface area (Å²) in [6.07, 6.45) is 3.06. The van der Waals surface area contributed by atoms with E-state index in [9.17, 15) is 4.79 Å². The third-order valence-electron chi connectivity index (χ3n) is 4.65. The molecule has 0 spiro atoms. The van der Waals surface area contributed by atoms with E-state index in [1.54, 1.807) is 30.3 Å². The van der Waals surface area contributed by atoms with E-state index in [-0.39, 0.29) is 12.5 Å². The van der Waals surface area contributed by atoms with Crippen molar-refractivity contribution in [3.8, 4) is 0 Å². The molecule has 0 saturated heterocycles. The number of hydrogen-bond donors (Lipinski definition) is 0. The summed E-state index contributed by atoms with van der Waals surface area (Å²) in [5.74, 6) is 0.00703. The first kappa shape index (κ1) is 18.1. The van der Waals surface area contributed by atoms with E-state index in [0.29, 0.717) is 12.6 Å². The lowest BCUT2D eigenvalue weighted by Gasteiger charge is -2.35. The fourth-order valence-electron chi connectivity index (χ4n) is 3.14. The van der Waals surface area contributed by atoms with Crippen molar-refractivity contribution in [1.29, 1.82) is 0 Å². The molecule has 3 heterocycles. The quantitative estimate of drug-likeness (QED) is 0.709. The minimum Gasteiger partial charge on any atom is -0.372 e. The number of aryl methyl sites for hydroxylation is 1.